The number of likely N-dealkylation sites (N-methyl/N-ethyl adjacent to an activating group) is 2. The summed E-state index contributed by atoms with van der Waals surface area (Å²) in [5.74, 6) is -0.112. The number of nitrogens with zero attached hydrogens (tertiary/aromatic N) is 2. The minimum Gasteiger partial charge on any atom is -0.507 e. The van der Waals surface area contributed by atoms with Gasteiger partial charge in [0.05, 0.1) is 5.56 Å². The summed E-state index contributed by atoms with van der Waals surface area (Å²) >= 11 is 3.32. The molecule has 1 fully saturated rings. The zero-order chi connectivity index (χ0) is 14.0. The van der Waals surface area contributed by atoms with Crippen LogP contribution in [0.5, 0.6) is 5.75 Å². The molecule has 1 aliphatic heterocycles. The van der Waals surface area contributed by atoms with Gasteiger partial charge in [-0.25, -0.2) is 0 Å². The fraction of sp³-hybridized carbons (Fsp3) is 0.500. The second kappa shape index (κ2) is 5.92. The largest absolute Gasteiger partial charge is 0.507 e. The molecule has 19 heavy (non-hydrogen) atoms. The molecule has 5 heteroatoms. The van der Waals surface area contributed by atoms with Gasteiger partial charge in [-0.15, -0.1) is 0 Å². The average Bonchev–Trinajstić information content (AvgIpc) is 2.77. The Hall–Kier alpha value is -1.07. The summed E-state index contributed by atoms with van der Waals surface area (Å²) in [4.78, 5) is 16.3. The predicted octanol–water partition coefficient (Wildman–Crippen LogP) is 2.32. The van der Waals surface area contributed by atoms with Crippen LogP contribution < -0.4 is 0 Å². The van der Waals surface area contributed by atoms with E-state index in [1.54, 1.807) is 24.1 Å². The number of aromatic hydroxyl groups is 1. The number of halogens is 1. The minimum absolute atomic E-state index is 0.0276. The fourth-order valence-corrected chi connectivity index (χ4v) is 2.86. The van der Waals surface area contributed by atoms with Gasteiger partial charge in [-0.1, -0.05) is 15.9 Å². The molecule has 1 atom stereocenters. The summed E-state index contributed by atoms with van der Waals surface area (Å²) < 4.78 is 0.792. The maximum absolute atomic E-state index is 12.3. The van der Waals surface area contributed by atoms with Crippen LogP contribution in [0.2, 0.25) is 0 Å². The highest BCUT2D eigenvalue weighted by molar-refractivity contribution is 9.10. The lowest BCUT2D eigenvalue weighted by atomic mass is 10.1. The van der Waals surface area contributed by atoms with Crippen molar-refractivity contribution < 1.29 is 9.90 Å². The van der Waals surface area contributed by atoms with Crippen LogP contribution >= 0.6 is 15.9 Å². The maximum Gasteiger partial charge on any atom is 0.257 e. The molecular weight excluding hydrogens is 308 g/mol. The number of likely N-dealkylation sites (tertiary alicyclic amines) is 1. The van der Waals surface area contributed by atoms with Gasteiger partial charge >= 0.3 is 0 Å². The monoisotopic (exact) mass is 326 g/mol. The number of carbonyl (C=O) groups excluding carboxylic acids is 1. The van der Waals surface area contributed by atoms with Crippen molar-refractivity contribution in [3.8, 4) is 5.75 Å². The normalized spacial score (nSPS) is 19.6. The number of rotatable bonds is 3. The van der Waals surface area contributed by atoms with Gasteiger partial charge in [0.2, 0.25) is 0 Å². The van der Waals surface area contributed by atoms with Crippen LogP contribution in [-0.4, -0.2) is 54.0 Å². The first-order valence-electron chi connectivity index (χ1n) is 6.43. The molecule has 0 bridgehead atoms. The molecule has 2 rings (SSSR count). The Balaban J connectivity index is 2.08. The van der Waals surface area contributed by atoms with Crippen LogP contribution in [0.4, 0.5) is 0 Å². The molecule has 1 aromatic carbocycles. The van der Waals surface area contributed by atoms with Gasteiger partial charge in [0.1, 0.15) is 5.75 Å². The smallest absolute Gasteiger partial charge is 0.257 e. The quantitative estimate of drug-likeness (QED) is 0.927. The van der Waals surface area contributed by atoms with E-state index in [0.717, 1.165) is 17.4 Å². The van der Waals surface area contributed by atoms with E-state index in [4.69, 9.17) is 0 Å². The van der Waals surface area contributed by atoms with E-state index < -0.39 is 0 Å². The maximum atomic E-state index is 12.3. The summed E-state index contributed by atoms with van der Waals surface area (Å²) in [6.07, 6.45) is 2.31. The van der Waals surface area contributed by atoms with Gasteiger partial charge in [0.25, 0.3) is 5.91 Å². The van der Waals surface area contributed by atoms with Crippen molar-refractivity contribution in [2.75, 3.05) is 27.2 Å². The Kier molecular flexibility index (Phi) is 4.47. The van der Waals surface area contributed by atoms with Gasteiger partial charge in [-0.3, -0.25) is 4.79 Å². The lowest BCUT2D eigenvalue weighted by Crippen LogP contribution is -2.39. The first kappa shape index (κ1) is 14.3. The van der Waals surface area contributed by atoms with E-state index in [1.165, 1.54) is 12.5 Å². The minimum atomic E-state index is -0.140. The van der Waals surface area contributed by atoms with Gasteiger partial charge in [0, 0.05) is 24.1 Å². The summed E-state index contributed by atoms with van der Waals surface area (Å²) in [5.41, 5.74) is 0.345. The number of phenols is 1. The third-order valence-electron chi connectivity index (χ3n) is 3.69. The van der Waals surface area contributed by atoms with Crippen molar-refractivity contribution in [2.24, 2.45) is 0 Å². The molecule has 4 nitrogen and oxygen atoms in total. The fourth-order valence-electron chi connectivity index (χ4n) is 2.49. The Bertz CT molecular complexity index is 479. The molecule has 0 aliphatic carbocycles. The second-order valence-corrected chi connectivity index (χ2v) is 6.04. The first-order chi connectivity index (χ1) is 8.99. The molecule has 1 heterocycles. The first-order valence-corrected chi connectivity index (χ1v) is 7.22. The van der Waals surface area contributed by atoms with Gasteiger partial charge in [-0.05, 0) is 44.6 Å². The standard InChI is InChI=1S/C14H19BrN2O2/c1-16-7-3-4-11(16)9-17(2)14(19)12-8-10(15)5-6-13(12)18/h5-6,8,11,18H,3-4,7,9H2,1-2H3. The van der Waals surface area contributed by atoms with Crippen LogP contribution in [0.1, 0.15) is 23.2 Å². The Morgan fingerprint density at radius 2 is 2.32 bits per heavy atom. The third kappa shape index (κ3) is 3.28. The zero-order valence-corrected chi connectivity index (χ0v) is 12.9. The second-order valence-electron chi connectivity index (χ2n) is 5.12. The number of amides is 1. The van der Waals surface area contributed by atoms with Crippen molar-refractivity contribution >= 4 is 21.8 Å². The molecule has 1 aromatic rings. The van der Waals surface area contributed by atoms with E-state index in [0.29, 0.717) is 18.2 Å². The molecule has 104 valence electrons. The zero-order valence-electron chi connectivity index (χ0n) is 11.3. The Morgan fingerprint density at radius 3 is 2.95 bits per heavy atom. The number of phenolic OH excluding ortho intramolecular Hbond substituents is 1. The Morgan fingerprint density at radius 1 is 1.58 bits per heavy atom. The van der Waals surface area contributed by atoms with Gasteiger partial charge in [0.15, 0.2) is 0 Å². The number of hydrogen-bond donors (Lipinski definition) is 1. The SMILES string of the molecule is CN(CC1CCCN1C)C(=O)c1cc(Br)ccc1O. The van der Waals surface area contributed by atoms with Crippen molar-refractivity contribution in [3.63, 3.8) is 0 Å². The van der Waals surface area contributed by atoms with Crippen LogP contribution in [-0.2, 0) is 0 Å². The van der Waals surface area contributed by atoms with E-state index in [-0.39, 0.29) is 11.7 Å². The number of hydrogen-bond acceptors (Lipinski definition) is 3. The molecule has 1 amide bonds. The van der Waals surface area contributed by atoms with Crippen molar-refractivity contribution in [3.05, 3.63) is 28.2 Å². The molecule has 1 N–H and O–H groups in total. The molecule has 0 aromatic heterocycles. The molecular formula is C14H19BrN2O2. The highest BCUT2D eigenvalue weighted by Gasteiger charge is 2.25. The summed E-state index contributed by atoms with van der Waals surface area (Å²) in [6, 6.07) is 5.33. The number of carbonyl (C=O) groups is 1. The van der Waals surface area contributed by atoms with Gasteiger partial charge in [-0.2, -0.15) is 0 Å². The molecule has 0 spiro atoms. The Labute approximate surface area is 122 Å². The van der Waals surface area contributed by atoms with Crippen molar-refractivity contribution in [2.45, 2.75) is 18.9 Å². The van der Waals surface area contributed by atoms with Crippen LogP contribution in [0.25, 0.3) is 0 Å². The van der Waals surface area contributed by atoms with E-state index in [9.17, 15) is 9.90 Å². The summed E-state index contributed by atoms with van der Waals surface area (Å²) in [7, 11) is 3.88. The molecule has 0 radical (unpaired) electrons. The van der Waals surface area contributed by atoms with E-state index in [2.05, 4.69) is 27.9 Å². The van der Waals surface area contributed by atoms with Crippen molar-refractivity contribution in [1.29, 1.82) is 0 Å². The van der Waals surface area contributed by atoms with E-state index in [1.807, 2.05) is 0 Å². The average molecular weight is 327 g/mol. The van der Waals surface area contributed by atoms with E-state index >= 15 is 0 Å². The number of benzene rings is 1. The topological polar surface area (TPSA) is 43.8 Å². The highest BCUT2D eigenvalue weighted by atomic mass is 79.9. The summed E-state index contributed by atoms with van der Waals surface area (Å²) in [5, 5.41) is 9.79. The predicted molar refractivity (Wildman–Crippen MR) is 78.4 cm³/mol. The lowest BCUT2D eigenvalue weighted by Gasteiger charge is -2.26. The molecule has 0 saturated carbocycles. The summed E-state index contributed by atoms with van der Waals surface area (Å²) in [6.45, 7) is 1.79. The lowest BCUT2D eigenvalue weighted by molar-refractivity contribution is 0.0758. The third-order valence-corrected chi connectivity index (χ3v) is 4.19. The highest BCUT2D eigenvalue weighted by Crippen LogP contribution is 2.24. The molecule has 1 unspecified atom stereocenters. The van der Waals surface area contributed by atoms with Crippen molar-refractivity contribution in [1.82, 2.24) is 9.80 Å². The molecule has 1 saturated heterocycles. The van der Waals surface area contributed by atoms with Crippen LogP contribution in [0.3, 0.4) is 0 Å². The molecule has 1 aliphatic rings. The van der Waals surface area contributed by atoms with Gasteiger partial charge < -0.3 is 14.9 Å². The van der Waals surface area contributed by atoms with Crippen LogP contribution in [0, 0.1) is 0 Å². The van der Waals surface area contributed by atoms with Crippen LogP contribution in [0.15, 0.2) is 22.7 Å².